The van der Waals surface area contributed by atoms with Crippen molar-refractivity contribution in [3.8, 4) is 0 Å². The van der Waals surface area contributed by atoms with Crippen LogP contribution in [0.1, 0.15) is 11.8 Å². The van der Waals surface area contributed by atoms with Gasteiger partial charge in [-0.25, -0.2) is 8.42 Å². The van der Waals surface area contributed by atoms with E-state index in [4.69, 9.17) is 5.73 Å². The maximum absolute atomic E-state index is 12.5. The van der Waals surface area contributed by atoms with Crippen LogP contribution in [-0.2, 0) is 16.6 Å². The summed E-state index contributed by atoms with van der Waals surface area (Å²) in [5.41, 5.74) is 5.58. The molecule has 1 fully saturated rings. The Labute approximate surface area is 112 Å². The molecular weight excluding hydrogens is 270 g/mol. The Kier molecular flexibility index (Phi) is 4.39. The Hall–Kier alpha value is -0.470. The molecule has 0 spiro atoms. The lowest BCUT2D eigenvalue weighted by atomic mass is 10.4. The van der Waals surface area contributed by atoms with Gasteiger partial charge in [0, 0.05) is 37.6 Å². The SMILES string of the molecule is CCN1CCN(S(=O)(=O)c2ccsc2CN)CC1. The van der Waals surface area contributed by atoms with Crippen molar-refractivity contribution in [3.63, 3.8) is 0 Å². The summed E-state index contributed by atoms with van der Waals surface area (Å²) in [4.78, 5) is 3.39. The largest absolute Gasteiger partial charge is 0.326 e. The first-order chi connectivity index (χ1) is 8.59. The van der Waals surface area contributed by atoms with Crippen molar-refractivity contribution in [1.29, 1.82) is 0 Å². The lowest BCUT2D eigenvalue weighted by molar-refractivity contribution is 0.196. The molecule has 18 heavy (non-hydrogen) atoms. The molecule has 0 amide bonds. The van der Waals surface area contributed by atoms with Gasteiger partial charge < -0.3 is 10.6 Å². The summed E-state index contributed by atoms with van der Waals surface area (Å²) in [7, 11) is -3.36. The molecule has 102 valence electrons. The Morgan fingerprint density at radius 1 is 1.33 bits per heavy atom. The molecule has 1 aromatic rings. The molecule has 2 heterocycles. The third-order valence-electron chi connectivity index (χ3n) is 3.29. The monoisotopic (exact) mass is 289 g/mol. The maximum atomic E-state index is 12.5. The lowest BCUT2D eigenvalue weighted by Gasteiger charge is -2.33. The predicted octanol–water partition coefficient (Wildman–Crippen LogP) is 0.533. The molecule has 1 aromatic heterocycles. The number of hydrogen-bond acceptors (Lipinski definition) is 5. The molecule has 1 saturated heterocycles. The van der Waals surface area contributed by atoms with Crippen molar-refractivity contribution in [3.05, 3.63) is 16.3 Å². The van der Waals surface area contributed by atoms with Crippen molar-refractivity contribution in [1.82, 2.24) is 9.21 Å². The third-order valence-corrected chi connectivity index (χ3v) is 6.34. The quantitative estimate of drug-likeness (QED) is 0.878. The van der Waals surface area contributed by atoms with Gasteiger partial charge in [-0.1, -0.05) is 6.92 Å². The second kappa shape index (κ2) is 5.66. The molecule has 0 bridgehead atoms. The minimum Gasteiger partial charge on any atom is -0.326 e. The van der Waals surface area contributed by atoms with Gasteiger partial charge in [0.05, 0.1) is 4.90 Å². The zero-order valence-electron chi connectivity index (χ0n) is 10.5. The molecule has 1 aliphatic heterocycles. The minimum absolute atomic E-state index is 0.279. The van der Waals surface area contributed by atoms with Gasteiger partial charge in [0.15, 0.2) is 0 Å². The highest BCUT2D eigenvalue weighted by Crippen LogP contribution is 2.25. The fraction of sp³-hybridized carbons (Fsp3) is 0.636. The normalized spacial score (nSPS) is 19.2. The summed E-state index contributed by atoms with van der Waals surface area (Å²) in [5.74, 6) is 0. The number of likely N-dealkylation sites (N-methyl/N-ethyl adjacent to an activating group) is 1. The van der Waals surface area contributed by atoms with Crippen LogP contribution in [-0.4, -0.2) is 50.3 Å². The zero-order valence-corrected chi connectivity index (χ0v) is 12.1. The van der Waals surface area contributed by atoms with E-state index in [-0.39, 0.29) is 6.54 Å². The van der Waals surface area contributed by atoms with Gasteiger partial charge in [-0.3, -0.25) is 0 Å². The van der Waals surface area contributed by atoms with Crippen LogP contribution < -0.4 is 5.73 Å². The Balaban J connectivity index is 2.17. The molecule has 7 heteroatoms. The second-order valence-electron chi connectivity index (χ2n) is 4.25. The van der Waals surface area contributed by atoms with Crippen molar-refractivity contribution < 1.29 is 8.42 Å². The first kappa shape index (κ1) is 14.0. The predicted molar refractivity (Wildman–Crippen MR) is 73.1 cm³/mol. The molecule has 1 aliphatic rings. The van der Waals surface area contributed by atoms with E-state index in [2.05, 4.69) is 11.8 Å². The van der Waals surface area contributed by atoms with Crippen molar-refractivity contribution >= 4 is 21.4 Å². The van der Waals surface area contributed by atoms with E-state index in [0.29, 0.717) is 18.0 Å². The smallest absolute Gasteiger partial charge is 0.244 e. The molecule has 0 unspecified atom stereocenters. The Bertz CT molecular complexity index is 490. The summed E-state index contributed by atoms with van der Waals surface area (Å²) in [6, 6.07) is 1.66. The van der Waals surface area contributed by atoms with Crippen LogP contribution in [0.4, 0.5) is 0 Å². The van der Waals surface area contributed by atoms with E-state index in [1.165, 1.54) is 11.3 Å². The van der Waals surface area contributed by atoms with Gasteiger partial charge in [0.1, 0.15) is 0 Å². The van der Waals surface area contributed by atoms with Crippen LogP contribution in [0.3, 0.4) is 0 Å². The number of rotatable bonds is 4. The van der Waals surface area contributed by atoms with Gasteiger partial charge in [0.2, 0.25) is 10.0 Å². The van der Waals surface area contributed by atoms with E-state index >= 15 is 0 Å². The van der Waals surface area contributed by atoms with E-state index < -0.39 is 10.0 Å². The highest BCUT2D eigenvalue weighted by Gasteiger charge is 2.29. The zero-order chi connectivity index (χ0) is 13.2. The fourth-order valence-corrected chi connectivity index (χ4v) is 4.86. The number of thiophene rings is 1. The van der Waals surface area contributed by atoms with Gasteiger partial charge in [-0.05, 0) is 18.0 Å². The first-order valence-electron chi connectivity index (χ1n) is 6.08. The van der Waals surface area contributed by atoms with Crippen molar-refractivity contribution in [2.45, 2.75) is 18.4 Å². The van der Waals surface area contributed by atoms with Gasteiger partial charge >= 0.3 is 0 Å². The average molecular weight is 289 g/mol. The first-order valence-corrected chi connectivity index (χ1v) is 8.40. The summed E-state index contributed by atoms with van der Waals surface area (Å²) in [6.07, 6.45) is 0. The molecule has 0 aliphatic carbocycles. The topological polar surface area (TPSA) is 66.6 Å². The maximum Gasteiger partial charge on any atom is 0.244 e. The summed E-state index contributed by atoms with van der Waals surface area (Å²) in [6.45, 7) is 6.08. The van der Waals surface area contributed by atoms with Crippen LogP contribution in [0.5, 0.6) is 0 Å². The molecule has 0 atom stereocenters. The second-order valence-corrected chi connectivity index (χ2v) is 7.16. The highest BCUT2D eigenvalue weighted by atomic mass is 32.2. The summed E-state index contributed by atoms with van der Waals surface area (Å²) in [5, 5.41) is 1.79. The molecule has 0 aromatic carbocycles. The van der Waals surface area contributed by atoms with Crippen molar-refractivity contribution in [2.24, 2.45) is 5.73 Å². The third kappa shape index (κ3) is 2.60. The number of piperazine rings is 1. The molecule has 5 nitrogen and oxygen atoms in total. The number of hydrogen-bond donors (Lipinski definition) is 1. The molecule has 2 rings (SSSR count). The standard InChI is InChI=1S/C11H19N3O2S2/c1-2-13-4-6-14(7-5-13)18(15,16)11-3-8-17-10(11)9-12/h3,8H,2,4-7,9,12H2,1H3. The lowest BCUT2D eigenvalue weighted by Crippen LogP contribution is -2.48. The number of nitrogens with two attached hydrogens (primary N) is 1. The van der Waals surface area contributed by atoms with Crippen molar-refractivity contribution in [2.75, 3.05) is 32.7 Å². The van der Waals surface area contributed by atoms with Gasteiger partial charge in [-0.15, -0.1) is 11.3 Å². The number of nitrogens with zero attached hydrogens (tertiary/aromatic N) is 2. The molecule has 0 radical (unpaired) electrons. The number of sulfonamides is 1. The van der Waals surface area contributed by atoms with Crippen LogP contribution in [0.2, 0.25) is 0 Å². The highest BCUT2D eigenvalue weighted by molar-refractivity contribution is 7.89. The fourth-order valence-electron chi connectivity index (χ4n) is 2.13. The van der Waals surface area contributed by atoms with Gasteiger partial charge in [-0.2, -0.15) is 4.31 Å². The summed E-state index contributed by atoms with van der Waals surface area (Å²) >= 11 is 1.40. The minimum atomic E-state index is -3.36. The van der Waals surface area contributed by atoms with E-state index in [9.17, 15) is 8.42 Å². The van der Waals surface area contributed by atoms with E-state index in [0.717, 1.165) is 24.5 Å². The average Bonchev–Trinajstić information content (AvgIpc) is 2.88. The molecular formula is C11H19N3O2S2. The summed E-state index contributed by atoms with van der Waals surface area (Å²) < 4.78 is 26.5. The van der Waals surface area contributed by atoms with Gasteiger partial charge in [0.25, 0.3) is 0 Å². The van der Waals surface area contributed by atoms with Crippen LogP contribution in [0, 0.1) is 0 Å². The van der Waals surface area contributed by atoms with Crippen LogP contribution in [0.25, 0.3) is 0 Å². The van der Waals surface area contributed by atoms with Crippen LogP contribution in [0.15, 0.2) is 16.3 Å². The molecule has 0 saturated carbocycles. The van der Waals surface area contributed by atoms with Crippen LogP contribution >= 0.6 is 11.3 Å². The van der Waals surface area contributed by atoms with E-state index in [1.807, 2.05) is 0 Å². The Morgan fingerprint density at radius 3 is 2.56 bits per heavy atom. The molecule has 2 N–H and O–H groups in total. The van der Waals surface area contributed by atoms with E-state index in [1.54, 1.807) is 15.8 Å². The Morgan fingerprint density at radius 2 is 2.00 bits per heavy atom.